The lowest BCUT2D eigenvalue weighted by atomic mass is 10.00. The zero-order chi connectivity index (χ0) is 25.9. The Morgan fingerprint density at radius 2 is 1.89 bits per heavy atom. The second-order valence-corrected chi connectivity index (χ2v) is 11.3. The topological polar surface area (TPSA) is 92.0 Å². The number of amidine groups is 1. The summed E-state index contributed by atoms with van der Waals surface area (Å²) in [7, 11) is 0. The van der Waals surface area contributed by atoms with Gasteiger partial charge in [0.15, 0.2) is 5.84 Å². The van der Waals surface area contributed by atoms with Crippen LogP contribution in [-0.4, -0.2) is 81.2 Å². The first-order chi connectivity index (χ1) is 17.9. The minimum Gasteiger partial charge on any atom is -0.481 e. The number of halogens is 2. The number of aliphatic hydroxyl groups is 1. The van der Waals surface area contributed by atoms with Crippen molar-refractivity contribution in [2.24, 2.45) is 10.1 Å². The molecule has 0 unspecified atom stereocenters. The number of benzene rings is 2. The van der Waals surface area contributed by atoms with Crippen LogP contribution in [0.5, 0.6) is 0 Å². The highest BCUT2D eigenvalue weighted by molar-refractivity contribution is 7.97. The van der Waals surface area contributed by atoms with Gasteiger partial charge in [0.25, 0.3) is 0 Å². The summed E-state index contributed by atoms with van der Waals surface area (Å²) >= 11 is 14.7. The van der Waals surface area contributed by atoms with E-state index in [0.717, 1.165) is 60.9 Å². The number of anilines is 1. The molecule has 3 heterocycles. The van der Waals surface area contributed by atoms with Crippen LogP contribution in [-0.2, 0) is 4.79 Å². The van der Waals surface area contributed by atoms with E-state index in [0.29, 0.717) is 28.8 Å². The maximum Gasteiger partial charge on any atom is 0.303 e. The zero-order valence-corrected chi connectivity index (χ0v) is 22.6. The molecule has 8 nitrogen and oxygen atoms in total. The van der Waals surface area contributed by atoms with Crippen molar-refractivity contribution in [2.45, 2.75) is 37.8 Å². The quantitative estimate of drug-likeness (QED) is 0.456. The van der Waals surface area contributed by atoms with E-state index in [9.17, 15) is 15.0 Å². The van der Waals surface area contributed by atoms with Crippen LogP contribution in [0.1, 0.15) is 36.8 Å². The van der Waals surface area contributed by atoms with Crippen molar-refractivity contribution < 1.29 is 15.0 Å². The van der Waals surface area contributed by atoms with Crippen molar-refractivity contribution in [1.29, 1.82) is 0 Å². The number of hydrazone groups is 1. The van der Waals surface area contributed by atoms with Gasteiger partial charge in [0.2, 0.25) is 0 Å². The largest absolute Gasteiger partial charge is 0.481 e. The summed E-state index contributed by atoms with van der Waals surface area (Å²) in [4.78, 5) is 21.0. The van der Waals surface area contributed by atoms with Gasteiger partial charge in [-0.05, 0) is 55.5 Å². The fourth-order valence-corrected chi connectivity index (χ4v) is 6.15. The van der Waals surface area contributed by atoms with E-state index in [1.54, 1.807) is 11.9 Å². The van der Waals surface area contributed by atoms with Crippen molar-refractivity contribution in [3.8, 4) is 0 Å². The van der Waals surface area contributed by atoms with Gasteiger partial charge < -0.3 is 20.0 Å². The summed E-state index contributed by atoms with van der Waals surface area (Å²) in [5.41, 5.74) is 3.20. The third-order valence-corrected chi connectivity index (χ3v) is 8.23. The molecule has 2 N–H and O–H groups in total. The Labute approximate surface area is 230 Å². The SMILES string of the molecule is O=C(O)CC[C@@H]1N=C(c2ccccc2Cl)c2cc(Cl)ccc2N2CN(SCCN3CCC(O)CC3)N=C12. The zero-order valence-electron chi connectivity index (χ0n) is 20.3. The third kappa shape index (κ3) is 6.07. The van der Waals surface area contributed by atoms with Gasteiger partial charge in [-0.3, -0.25) is 9.79 Å². The molecule has 1 atom stereocenters. The molecular formula is C26H29Cl2N5O3S. The number of carbonyl (C=O) groups is 1. The summed E-state index contributed by atoms with van der Waals surface area (Å²) in [6.07, 6.45) is 1.75. The fraction of sp³-hybridized carbons (Fsp3) is 0.423. The van der Waals surface area contributed by atoms with Crippen molar-refractivity contribution >= 4 is 58.4 Å². The number of likely N-dealkylation sites (tertiary alicyclic amines) is 1. The highest BCUT2D eigenvalue weighted by Gasteiger charge is 2.36. The molecule has 37 heavy (non-hydrogen) atoms. The number of rotatable bonds is 8. The standard InChI is InChI=1S/C26H29Cl2N5O3S/c27-17-5-7-23-20(15-17)25(19-3-1-2-4-21(19)28)29-22(6-8-24(35)36)26-30-33(16-32(23)26)37-14-13-31-11-9-18(34)10-12-31/h1-5,7,15,18,22,34H,6,8-14,16H2,(H,35,36)/t22-/m0/s1. The molecule has 196 valence electrons. The molecule has 0 amide bonds. The van der Waals surface area contributed by atoms with E-state index in [-0.39, 0.29) is 12.5 Å². The van der Waals surface area contributed by atoms with Crippen molar-refractivity contribution in [3.05, 3.63) is 63.6 Å². The van der Waals surface area contributed by atoms with Crippen LogP contribution in [0.2, 0.25) is 10.0 Å². The van der Waals surface area contributed by atoms with Crippen molar-refractivity contribution in [2.75, 3.05) is 37.0 Å². The second-order valence-electron chi connectivity index (χ2n) is 9.35. The van der Waals surface area contributed by atoms with Crippen LogP contribution >= 0.6 is 35.1 Å². The molecule has 5 rings (SSSR count). The molecule has 0 aliphatic carbocycles. The predicted octanol–water partition coefficient (Wildman–Crippen LogP) is 4.58. The van der Waals surface area contributed by atoms with Gasteiger partial charge in [-0.15, -0.1) is 5.10 Å². The minimum absolute atomic E-state index is 0.0259. The average molecular weight is 563 g/mol. The van der Waals surface area contributed by atoms with Gasteiger partial charge in [-0.2, -0.15) is 0 Å². The number of aliphatic imine (C=N–C) groups is 1. The van der Waals surface area contributed by atoms with Gasteiger partial charge in [0.1, 0.15) is 12.7 Å². The van der Waals surface area contributed by atoms with Gasteiger partial charge in [0.05, 0.1) is 17.5 Å². The predicted molar refractivity (Wildman–Crippen MR) is 150 cm³/mol. The fourth-order valence-electron chi connectivity index (χ4n) is 4.87. The maximum absolute atomic E-state index is 11.5. The first-order valence-electron chi connectivity index (χ1n) is 12.4. The number of nitrogens with zero attached hydrogens (tertiary/aromatic N) is 5. The van der Waals surface area contributed by atoms with Crippen LogP contribution < -0.4 is 4.90 Å². The molecule has 2 aromatic carbocycles. The Kier molecular flexibility index (Phi) is 8.26. The Morgan fingerprint density at radius 3 is 2.65 bits per heavy atom. The molecule has 11 heteroatoms. The Morgan fingerprint density at radius 1 is 1.11 bits per heavy atom. The maximum atomic E-state index is 11.5. The Balaban J connectivity index is 1.45. The summed E-state index contributed by atoms with van der Waals surface area (Å²) in [5, 5.41) is 25.2. The van der Waals surface area contributed by atoms with Gasteiger partial charge in [-0.25, -0.2) is 4.41 Å². The van der Waals surface area contributed by atoms with Crippen molar-refractivity contribution in [1.82, 2.24) is 9.31 Å². The monoisotopic (exact) mass is 561 g/mol. The number of piperidine rings is 1. The summed E-state index contributed by atoms with van der Waals surface area (Å²) in [6.45, 7) is 3.25. The molecule has 3 aliphatic heterocycles. The molecule has 1 saturated heterocycles. The first-order valence-corrected chi connectivity index (χ1v) is 14.1. The van der Waals surface area contributed by atoms with E-state index in [1.165, 1.54) is 0 Å². The number of carboxylic acid groups (broad SMARTS) is 1. The number of hydrogen-bond acceptors (Lipinski definition) is 8. The lowest BCUT2D eigenvalue weighted by molar-refractivity contribution is -0.137. The number of carboxylic acids is 1. The highest BCUT2D eigenvalue weighted by atomic mass is 35.5. The Bertz CT molecular complexity index is 1220. The molecule has 0 bridgehead atoms. The molecule has 0 spiro atoms. The number of aliphatic carboxylic acids is 1. The third-order valence-electron chi connectivity index (χ3n) is 6.81. The number of fused-ring (bicyclic) bond motifs is 3. The van der Waals surface area contributed by atoms with E-state index in [2.05, 4.69) is 9.80 Å². The number of aliphatic hydroxyl groups excluding tert-OH is 1. The lowest BCUT2D eigenvalue weighted by Gasteiger charge is -2.29. The first kappa shape index (κ1) is 26.3. The smallest absolute Gasteiger partial charge is 0.303 e. The van der Waals surface area contributed by atoms with Crippen LogP contribution in [0.25, 0.3) is 0 Å². The molecule has 3 aliphatic rings. The molecule has 0 radical (unpaired) electrons. The summed E-state index contributed by atoms with van der Waals surface area (Å²) < 4.78 is 1.95. The lowest BCUT2D eigenvalue weighted by Crippen LogP contribution is -2.37. The van der Waals surface area contributed by atoms with Crippen LogP contribution in [0.15, 0.2) is 52.6 Å². The van der Waals surface area contributed by atoms with Crippen molar-refractivity contribution in [3.63, 3.8) is 0 Å². The highest BCUT2D eigenvalue weighted by Crippen LogP contribution is 2.36. The molecule has 0 saturated carbocycles. The van der Waals surface area contributed by atoms with E-state index in [1.807, 2.05) is 46.9 Å². The minimum atomic E-state index is -0.873. The molecule has 0 aromatic heterocycles. The van der Waals surface area contributed by atoms with Gasteiger partial charge >= 0.3 is 5.97 Å². The van der Waals surface area contributed by atoms with E-state index < -0.39 is 12.0 Å². The number of hydrogen-bond donors (Lipinski definition) is 2. The van der Waals surface area contributed by atoms with E-state index >= 15 is 0 Å². The Hall–Kier alpha value is -2.30. The normalized spacial score (nSPS) is 20.2. The van der Waals surface area contributed by atoms with Crippen LogP contribution in [0.4, 0.5) is 5.69 Å². The van der Waals surface area contributed by atoms with Crippen LogP contribution in [0.3, 0.4) is 0 Å². The summed E-state index contributed by atoms with van der Waals surface area (Å²) in [5.74, 6) is 0.713. The molecular weight excluding hydrogens is 533 g/mol. The second kappa shape index (κ2) is 11.6. The average Bonchev–Trinajstić information content (AvgIpc) is 3.25. The van der Waals surface area contributed by atoms with E-state index in [4.69, 9.17) is 33.3 Å². The van der Waals surface area contributed by atoms with Gasteiger partial charge in [-0.1, -0.05) is 41.4 Å². The van der Waals surface area contributed by atoms with Crippen LogP contribution in [0, 0.1) is 0 Å². The molecule has 1 fully saturated rings. The summed E-state index contributed by atoms with van der Waals surface area (Å²) in [6, 6.07) is 12.8. The van der Waals surface area contributed by atoms with Gasteiger partial charge in [0, 0.05) is 53.0 Å². The molecule has 2 aromatic rings.